The van der Waals surface area contributed by atoms with Gasteiger partial charge in [-0.05, 0) is 81.0 Å². The van der Waals surface area contributed by atoms with Crippen LogP contribution in [0.3, 0.4) is 0 Å². The van der Waals surface area contributed by atoms with Crippen LogP contribution in [0.4, 0.5) is 29.9 Å². The van der Waals surface area contributed by atoms with Crippen molar-refractivity contribution >= 4 is 40.3 Å². The Kier molecular flexibility index (Phi) is 8.74. The van der Waals surface area contributed by atoms with E-state index in [1.807, 2.05) is 17.9 Å². The lowest BCUT2D eigenvalue weighted by Crippen LogP contribution is -2.59. The minimum atomic E-state index is -1.06. The molecule has 1 spiro atoms. The fourth-order valence-electron chi connectivity index (χ4n) is 9.80. The van der Waals surface area contributed by atoms with Crippen molar-refractivity contribution in [3.63, 3.8) is 0 Å². The molecule has 54 heavy (non-hydrogen) atoms. The zero-order valence-corrected chi connectivity index (χ0v) is 30.6. The van der Waals surface area contributed by atoms with Gasteiger partial charge in [-0.25, -0.2) is 18.4 Å². The van der Waals surface area contributed by atoms with E-state index in [1.54, 1.807) is 17.0 Å². The number of urea groups is 1. The number of hydrogen-bond donors (Lipinski definition) is 2. The lowest BCUT2D eigenvalue weighted by atomic mass is 9.88. The molecule has 0 saturated carbocycles. The number of aromatic nitrogens is 2. The van der Waals surface area contributed by atoms with Crippen LogP contribution in [0.2, 0.25) is 0 Å². The van der Waals surface area contributed by atoms with Gasteiger partial charge in [0.05, 0.1) is 24.3 Å². The predicted molar refractivity (Wildman–Crippen MR) is 196 cm³/mol. The number of piperidine rings is 1. The summed E-state index contributed by atoms with van der Waals surface area (Å²) in [5.41, 5.74) is 1.48. The van der Waals surface area contributed by atoms with Crippen LogP contribution in [-0.2, 0) is 24.2 Å². The Bertz CT molecular complexity index is 2030. The standard InChI is InChI=1S/C39H46F2N8O5/c1-2-27-29(41)8-7-24-17-26(54-37(52)46-12-3-4-13-46)18-31(32(24)27)47-16-9-28-30(21-47)42-36(53-23-38-10-5-15-49(38)20-25(40)19-38)43-33(28)48-14-6-11-39(22-48)34(50)44-35(51)45-39/h7-8,17-18,25H,2-6,9-16,19-23H2,1H3,(H2,44,45,50,51)/t25-,38+,39-/m1/s1. The fraction of sp³-hybridized carbons (Fsp3) is 0.564. The number of rotatable bonds is 7. The Labute approximate surface area is 312 Å². The number of alkyl halides is 1. The Morgan fingerprint density at radius 3 is 2.65 bits per heavy atom. The molecule has 0 bridgehead atoms. The van der Waals surface area contributed by atoms with Gasteiger partial charge in [-0.15, -0.1) is 0 Å². The van der Waals surface area contributed by atoms with Crippen LogP contribution in [0.25, 0.3) is 10.8 Å². The number of nitrogens with one attached hydrogen (secondary N) is 2. The number of ether oxygens (including phenoxy) is 2. The molecular formula is C39H46F2N8O5. The topological polar surface area (TPSA) is 132 Å². The number of fused-ring (bicyclic) bond motifs is 3. The van der Waals surface area contributed by atoms with Crippen LogP contribution in [0, 0.1) is 5.82 Å². The Morgan fingerprint density at radius 1 is 1.02 bits per heavy atom. The van der Waals surface area contributed by atoms with E-state index >= 15 is 4.39 Å². The summed E-state index contributed by atoms with van der Waals surface area (Å²) < 4.78 is 42.4. The molecule has 2 N–H and O–H groups in total. The van der Waals surface area contributed by atoms with Gasteiger partial charge in [0.2, 0.25) is 0 Å². The van der Waals surface area contributed by atoms with Gasteiger partial charge in [-0.3, -0.25) is 15.0 Å². The highest BCUT2D eigenvalue weighted by Crippen LogP contribution is 2.42. The molecule has 6 aliphatic heterocycles. The Balaban J connectivity index is 1.09. The predicted octanol–water partition coefficient (Wildman–Crippen LogP) is 4.62. The smallest absolute Gasteiger partial charge is 0.415 e. The molecule has 3 atom stereocenters. The van der Waals surface area contributed by atoms with Gasteiger partial charge < -0.3 is 29.5 Å². The monoisotopic (exact) mass is 744 g/mol. The molecule has 13 nitrogen and oxygen atoms in total. The van der Waals surface area contributed by atoms with E-state index < -0.39 is 29.4 Å². The number of imide groups is 1. The fourth-order valence-corrected chi connectivity index (χ4v) is 9.80. The first-order valence-corrected chi connectivity index (χ1v) is 19.4. The Hall–Kier alpha value is -4.79. The van der Waals surface area contributed by atoms with Crippen LogP contribution < -0.4 is 29.9 Å². The average molecular weight is 745 g/mol. The van der Waals surface area contributed by atoms with Crippen LogP contribution in [-0.4, -0.2) is 107 Å². The normalized spacial score (nSPS) is 26.7. The molecule has 286 valence electrons. The molecule has 0 radical (unpaired) electrons. The number of nitrogens with zero attached hydrogens (tertiary/aromatic N) is 6. The second-order valence-electron chi connectivity index (χ2n) is 15.8. The molecule has 15 heteroatoms. The summed E-state index contributed by atoms with van der Waals surface area (Å²) in [6, 6.07) is 6.49. The SMILES string of the molecule is CCc1c(F)ccc2cc(OC(=O)N3CCCC3)cc(N3CCc4c(nc(OC[C@@]56CCCN5C[C@H](F)C6)nc4N4CCC[C@]5(C4)NC(=O)NC5=O)C3)c12. The van der Waals surface area contributed by atoms with Gasteiger partial charge in [-0.1, -0.05) is 13.0 Å². The van der Waals surface area contributed by atoms with Gasteiger partial charge in [0.25, 0.3) is 5.91 Å². The summed E-state index contributed by atoms with van der Waals surface area (Å²) >= 11 is 0. The quantitative estimate of drug-likeness (QED) is 0.331. The average Bonchev–Trinajstić information content (AvgIpc) is 3.95. The number of amides is 4. The van der Waals surface area contributed by atoms with E-state index in [-0.39, 0.29) is 30.9 Å². The highest BCUT2D eigenvalue weighted by atomic mass is 19.1. The van der Waals surface area contributed by atoms with E-state index in [4.69, 9.17) is 19.4 Å². The van der Waals surface area contributed by atoms with Crippen molar-refractivity contribution in [1.29, 1.82) is 0 Å². The molecule has 0 unspecified atom stereocenters. The molecule has 3 aromatic rings. The molecule has 5 saturated heterocycles. The maximum atomic E-state index is 15.4. The van der Waals surface area contributed by atoms with E-state index in [9.17, 15) is 18.8 Å². The molecule has 7 heterocycles. The maximum Gasteiger partial charge on any atom is 0.415 e. The van der Waals surface area contributed by atoms with E-state index in [2.05, 4.69) is 20.4 Å². The van der Waals surface area contributed by atoms with Gasteiger partial charge in [0.15, 0.2) is 0 Å². The molecule has 0 aliphatic carbocycles. The minimum absolute atomic E-state index is 0.173. The summed E-state index contributed by atoms with van der Waals surface area (Å²) in [6.45, 7) is 6.46. The number of likely N-dealkylation sites (tertiary alicyclic amines) is 1. The largest absolute Gasteiger partial charge is 0.461 e. The van der Waals surface area contributed by atoms with E-state index in [0.29, 0.717) is 88.5 Å². The third-order valence-electron chi connectivity index (χ3n) is 12.4. The Morgan fingerprint density at radius 2 is 1.85 bits per heavy atom. The van der Waals surface area contributed by atoms with Gasteiger partial charge in [0, 0.05) is 61.8 Å². The zero-order chi connectivity index (χ0) is 37.2. The highest BCUT2D eigenvalue weighted by molar-refractivity contribution is 6.07. The van der Waals surface area contributed by atoms with E-state index in [0.717, 1.165) is 59.9 Å². The van der Waals surface area contributed by atoms with Crippen LogP contribution >= 0.6 is 0 Å². The first-order chi connectivity index (χ1) is 26.1. The number of aryl methyl sites for hydroxylation is 1. The first-order valence-electron chi connectivity index (χ1n) is 19.4. The summed E-state index contributed by atoms with van der Waals surface area (Å²) in [5, 5.41) is 6.80. The highest BCUT2D eigenvalue weighted by Gasteiger charge is 2.51. The summed E-state index contributed by atoms with van der Waals surface area (Å²) in [6.07, 6.45) is 4.97. The number of anilines is 2. The molecule has 5 fully saturated rings. The summed E-state index contributed by atoms with van der Waals surface area (Å²) in [7, 11) is 0. The number of benzene rings is 2. The van der Waals surface area contributed by atoms with Crippen LogP contribution in [0.1, 0.15) is 68.7 Å². The summed E-state index contributed by atoms with van der Waals surface area (Å²) in [5.74, 6) is 0.397. The zero-order valence-electron chi connectivity index (χ0n) is 30.6. The minimum Gasteiger partial charge on any atom is -0.461 e. The molecule has 4 amide bonds. The number of carbonyl (C=O) groups is 3. The number of halogens is 2. The second-order valence-corrected chi connectivity index (χ2v) is 15.8. The van der Waals surface area contributed by atoms with Gasteiger partial charge >= 0.3 is 18.1 Å². The van der Waals surface area contributed by atoms with E-state index in [1.165, 1.54) is 6.07 Å². The molecular weight excluding hydrogens is 698 g/mol. The van der Waals surface area contributed by atoms with Crippen molar-refractivity contribution in [2.45, 2.75) is 88.5 Å². The van der Waals surface area contributed by atoms with Crippen molar-refractivity contribution < 1.29 is 32.6 Å². The maximum absolute atomic E-state index is 15.4. The van der Waals surface area contributed by atoms with Crippen molar-refractivity contribution in [3.8, 4) is 11.8 Å². The van der Waals surface area contributed by atoms with Crippen molar-refractivity contribution in [2.75, 3.05) is 62.2 Å². The molecule has 2 aromatic carbocycles. The molecule has 9 rings (SSSR count). The van der Waals surface area contributed by atoms with Gasteiger partial charge in [-0.2, -0.15) is 9.97 Å². The summed E-state index contributed by atoms with van der Waals surface area (Å²) in [4.78, 5) is 56.5. The third kappa shape index (κ3) is 6.04. The lowest BCUT2D eigenvalue weighted by molar-refractivity contribution is -0.124. The second kappa shape index (κ2) is 13.5. The third-order valence-corrected chi connectivity index (χ3v) is 12.4. The molecule has 6 aliphatic rings. The number of carbonyl (C=O) groups excluding carboxylic acids is 3. The van der Waals surface area contributed by atoms with Crippen LogP contribution in [0.5, 0.6) is 11.8 Å². The van der Waals surface area contributed by atoms with Crippen molar-refractivity contribution in [2.24, 2.45) is 0 Å². The van der Waals surface area contributed by atoms with Crippen molar-refractivity contribution in [3.05, 3.63) is 46.9 Å². The molecule has 1 aromatic heterocycles. The lowest BCUT2D eigenvalue weighted by Gasteiger charge is -2.40. The van der Waals surface area contributed by atoms with Gasteiger partial charge in [0.1, 0.15) is 35.7 Å². The first kappa shape index (κ1) is 34.9. The number of hydrogen-bond acceptors (Lipinski definition) is 10. The van der Waals surface area contributed by atoms with Crippen molar-refractivity contribution in [1.82, 2.24) is 30.4 Å². The van der Waals surface area contributed by atoms with Crippen LogP contribution in [0.15, 0.2) is 24.3 Å².